The van der Waals surface area contributed by atoms with Gasteiger partial charge in [0.05, 0.1) is 13.2 Å². The number of amides is 1. The van der Waals surface area contributed by atoms with Crippen LogP contribution in [-0.2, 0) is 9.53 Å². The molecule has 0 aromatic rings. The molecule has 15 heavy (non-hydrogen) atoms. The van der Waals surface area contributed by atoms with Crippen LogP contribution in [0.15, 0.2) is 11.8 Å². The molecular weight excluding hydrogens is 202 g/mol. The highest BCUT2D eigenvalue weighted by atomic mass is 16.5. The van der Waals surface area contributed by atoms with Gasteiger partial charge >= 0.3 is 12.1 Å². The molecule has 7 nitrogen and oxygen atoms in total. The molecule has 0 saturated heterocycles. The molecule has 0 aromatic carbocycles. The Labute approximate surface area is 85.4 Å². The van der Waals surface area contributed by atoms with Gasteiger partial charge in [-0.05, 0) is 0 Å². The van der Waals surface area contributed by atoms with Crippen molar-refractivity contribution in [3.63, 3.8) is 0 Å². The second-order valence-electron chi connectivity index (χ2n) is 2.22. The topological polar surface area (TPSA) is 114 Å². The van der Waals surface area contributed by atoms with Crippen LogP contribution in [0.25, 0.3) is 0 Å². The molecule has 7 heteroatoms. The predicted molar refractivity (Wildman–Crippen MR) is 46.1 cm³/mol. The Morgan fingerprint density at radius 3 is 2.47 bits per heavy atom. The van der Waals surface area contributed by atoms with Gasteiger partial charge < -0.3 is 9.84 Å². The maximum atomic E-state index is 11.0. The molecule has 0 aliphatic carbocycles. The SMILES string of the molecule is COC(=O)N(C=C(C#N)C(=O)O)CC#N. The lowest BCUT2D eigenvalue weighted by atomic mass is 10.3. The highest BCUT2D eigenvalue weighted by molar-refractivity contribution is 5.91. The number of nitriles is 2. The van der Waals surface area contributed by atoms with Crippen LogP contribution in [0.2, 0.25) is 0 Å². The van der Waals surface area contributed by atoms with E-state index in [1.807, 2.05) is 0 Å². The van der Waals surface area contributed by atoms with Crippen molar-refractivity contribution >= 4 is 12.1 Å². The van der Waals surface area contributed by atoms with Crippen LogP contribution in [0.5, 0.6) is 0 Å². The average Bonchev–Trinajstić information content (AvgIpc) is 2.22. The predicted octanol–water partition coefficient (Wildman–Crippen LogP) is 0.0705. The van der Waals surface area contributed by atoms with Crippen molar-refractivity contribution in [2.24, 2.45) is 0 Å². The summed E-state index contributed by atoms with van der Waals surface area (Å²) in [5, 5.41) is 25.2. The summed E-state index contributed by atoms with van der Waals surface area (Å²) in [6.45, 7) is -0.398. The van der Waals surface area contributed by atoms with Crippen molar-refractivity contribution in [2.45, 2.75) is 0 Å². The van der Waals surface area contributed by atoms with Gasteiger partial charge in [-0.3, -0.25) is 4.90 Å². The zero-order valence-corrected chi connectivity index (χ0v) is 7.80. The molecule has 0 saturated carbocycles. The monoisotopic (exact) mass is 209 g/mol. The third kappa shape index (κ3) is 3.79. The number of carboxylic acids is 1. The third-order valence-corrected chi connectivity index (χ3v) is 1.29. The van der Waals surface area contributed by atoms with Crippen LogP contribution in [-0.4, -0.2) is 35.7 Å². The summed E-state index contributed by atoms with van der Waals surface area (Å²) in [4.78, 5) is 22.1. The van der Waals surface area contributed by atoms with E-state index in [-0.39, 0.29) is 0 Å². The first-order chi connectivity index (χ1) is 7.06. The fourth-order valence-corrected chi connectivity index (χ4v) is 0.644. The van der Waals surface area contributed by atoms with Crippen molar-refractivity contribution < 1.29 is 19.4 Å². The van der Waals surface area contributed by atoms with Crippen molar-refractivity contribution in [3.05, 3.63) is 11.8 Å². The molecule has 0 rings (SSSR count). The Morgan fingerprint density at radius 2 is 2.13 bits per heavy atom. The molecule has 0 atom stereocenters. The lowest BCUT2D eigenvalue weighted by Gasteiger charge is -2.12. The minimum absolute atomic E-state index is 0.398. The molecule has 0 aromatic heterocycles. The van der Waals surface area contributed by atoms with Crippen LogP contribution in [0.3, 0.4) is 0 Å². The molecular formula is C8H7N3O4. The number of carboxylic acid groups (broad SMARTS) is 1. The van der Waals surface area contributed by atoms with Crippen molar-refractivity contribution in [1.29, 1.82) is 10.5 Å². The standard InChI is InChI=1S/C8H7N3O4/c1-15-8(14)11(3-2-9)5-6(4-10)7(12)13/h5H,3H2,1H3,(H,12,13). The number of carbonyl (C=O) groups excluding carboxylic acids is 1. The van der Waals surface area contributed by atoms with Gasteiger partial charge in [-0.25, -0.2) is 9.59 Å². The normalized spacial score (nSPS) is 9.67. The van der Waals surface area contributed by atoms with E-state index in [0.29, 0.717) is 4.90 Å². The molecule has 0 fully saturated rings. The Bertz CT molecular complexity index is 374. The minimum atomic E-state index is -1.48. The van der Waals surface area contributed by atoms with E-state index in [9.17, 15) is 9.59 Å². The number of nitrogens with zero attached hydrogens (tertiary/aromatic N) is 3. The number of carbonyl (C=O) groups is 2. The van der Waals surface area contributed by atoms with E-state index < -0.39 is 24.2 Å². The van der Waals surface area contributed by atoms with Crippen molar-refractivity contribution in [1.82, 2.24) is 4.90 Å². The van der Waals surface area contributed by atoms with Crippen LogP contribution in [0.1, 0.15) is 0 Å². The van der Waals surface area contributed by atoms with Gasteiger partial charge in [0, 0.05) is 6.20 Å². The number of rotatable bonds is 3. The Hall–Kier alpha value is -2.54. The summed E-state index contributed by atoms with van der Waals surface area (Å²) in [5.74, 6) is -1.48. The molecule has 1 N–H and O–H groups in total. The molecule has 0 radical (unpaired) electrons. The largest absolute Gasteiger partial charge is 0.477 e. The summed E-state index contributed by atoms with van der Waals surface area (Å²) in [7, 11) is 1.08. The summed E-state index contributed by atoms with van der Waals surface area (Å²) in [5.41, 5.74) is -0.657. The van der Waals surface area contributed by atoms with E-state index in [0.717, 1.165) is 13.3 Å². The highest BCUT2D eigenvalue weighted by Crippen LogP contribution is 2.00. The fourth-order valence-electron chi connectivity index (χ4n) is 0.644. The fraction of sp³-hybridized carbons (Fsp3) is 0.250. The second-order valence-corrected chi connectivity index (χ2v) is 2.22. The summed E-state index contributed by atoms with van der Waals surface area (Å²) in [6.07, 6.45) is -0.164. The lowest BCUT2D eigenvalue weighted by Crippen LogP contribution is -2.27. The number of methoxy groups -OCH3 is 1. The van der Waals surface area contributed by atoms with E-state index >= 15 is 0 Å². The first kappa shape index (κ1) is 12.5. The van der Waals surface area contributed by atoms with Crippen molar-refractivity contribution in [2.75, 3.05) is 13.7 Å². The van der Waals surface area contributed by atoms with Crippen LogP contribution < -0.4 is 0 Å². The zero-order chi connectivity index (χ0) is 11.8. The summed E-state index contributed by atoms with van der Waals surface area (Å²) >= 11 is 0. The maximum absolute atomic E-state index is 11.0. The van der Waals surface area contributed by atoms with Gasteiger partial charge in [0.25, 0.3) is 0 Å². The van der Waals surface area contributed by atoms with E-state index in [1.165, 1.54) is 6.07 Å². The number of hydrogen-bond acceptors (Lipinski definition) is 5. The lowest BCUT2D eigenvalue weighted by molar-refractivity contribution is -0.132. The van der Waals surface area contributed by atoms with Crippen LogP contribution in [0.4, 0.5) is 4.79 Å². The van der Waals surface area contributed by atoms with Gasteiger partial charge in [0.2, 0.25) is 0 Å². The maximum Gasteiger partial charge on any atom is 0.414 e. The molecule has 0 spiro atoms. The first-order valence-corrected chi connectivity index (χ1v) is 3.63. The molecule has 0 bridgehead atoms. The number of ether oxygens (including phenoxy) is 1. The quantitative estimate of drug-likeness (QED) is 0.399. The molecule has 1 amide bonds. The molecule has 0 unspecified atom stereocenters. The average molecular weight is 209 g/mol. The Morgan fingerprint density at radius 1 is 1.53 bits per heavy atom. The smallest absolute Gasteiger partial charge is 0.414 e. The number of hydrogen-bond donors (Lipinski definition) is 1. The Kier molecular flexibility index (Phi) is 4.98. The van der Waals surface area contributed by atoms with Crippen molar-refractivity contribution in [3.8, 4) is 12.1 Å². The van der Waals surface area contributed by atoms with E-state index in [2.05, 4.69) is 4.74 Å². The first-order valence-electron chi connectivity index (χ1n) is 3.63. The molecule has 78 valence electrons. The van der Waals surface area contributed by atoms with E-state index in [1.54, 1.807) is 6.07 Å². The Balaban J connectivity index is 4.97. The van der Waals surface area contributed by atoms with Gasteiger partial charge in [0.15, 0.2) is 5.57 Å². The molecule has 0 heterocycles. The molecule has 0 aliphatic heterocycles. The summed E-state index contributed by atoms with van der Waals surface area (Å²) < 4.78 is 4.28. The van der Waals surface area contributed by atoms with E-state index in [4.69, 9.17) is 15.6 Å². The van der Waals surface area contributed by atoms with Gasteiger partial charge in [-0.1, -0.05) is 0 Å². The zero-order valence-electron chi connectivity index (χ0n) is 7.80. The minimum Gasteiger partial charge on any atom is -0.477 e. The van der Waals surface area contributed by atoms with Crippen LogP contribution >= 0.6 is 0 Å². The van der Waals surface area contributed by atoms with Gasteiger partial charge in [-0.2, -0.15) is 10.5 Å². The highest BCUT2D eigenvalue weighted by Gasteiger charge is 2.15. The third-order valence-electron chi connectivity index (χ3n) is 1.29. The summed E-state index contributed by atoms with van der Waals surface area (Å²) in [6, 6.07) is 3.00. The molecule has 0 aliphatic rings. The number of aliphatic carboxylic acids is 1. The van der Waals surface area contributed by atoms with Gasteiger partial charge in [0.1, 0.15) is 12.6 Å². The van der Waals surface area contributed by atoms with Crippen LogP contribution in [0, 0.1) is 22.7 Å². The van der Waals surface area contributed by atoms with Gasteiger partial charge in [-0.15, -0.1) is 0 Å². The second kappa shape index (κ2) is 6.00.